The van der Waals surface area contributed by atoms with Gasteiger partial charge in [-0.25, -0.2) is 4.79 Å². The summed E-state index contributed by atoms with van der Waals surface area (Å²) in [6.07, 6.45) is 4.55. The number of likely N-dealkylation sites (tertiary alicyclic amines) is 2. The first-order valence-electron chi connectivity index (χ1n) is 10.7. The molecule has 0 unspecified atom stereocenters. The first-order valence-corrected chi connectivity index (χ1v) is 10.7. The molecule has 2 fully saturated rings. The minimum atomic E-state index is 0.0133. The molecule has 3 aliphatic rings. The third-order valence-corrected chi connectivity index (χ3v) is 6.52. The summed E-state index contributed by atoms with van der Waals surface area (Å²) in [6, 6.07) is 4.17. The Morgan fingerprint density at radius 1 is 0.828 bits per heavy atom. The normalized spacial score (nSPS) is 19.9. The maximum atomic E-state index is 13.1. The number of hydrogen-bond acceptors (Lipinski definition) is 4. The molecule has 3 heterocycles. The van der Waals surface area contributed by atoms with E-state index in [4.69, 9.17) is 9.47 Å². The quantitative estimate of drug-likeness (QED) is 0.781. The molecular weight excluding hydrogens is 370 g/mol. The molecule has 1 aromatic rings. The number of rotatable bonds is 3. The molecule has 0 radical (unpaired) electrons. The van der Waals surface area contributed by atoms with Crippen molar-refractivity contribution in [1.29, 1.82) is 0 Å². The van der Waals surface area contributed by atoms with Crippen LogP contribution in [0, 0.1) is 5.92 Å². The largest absolute Gasteiger partial charge is 0.493 e. The van der Waals surface area contributed by atoms with Gasteiger partial charge < -0.3 is 24.2 Å². The Kier molecular flexibility index (Phi) is 5.83. The topological polar surface area (TPSA) is 62.3 Å². The molecule has 0 atom stereocenters. The molecule has 7 nitrogen and oxygen atoms in total. The summed E-state index contributed by atoms with van der Waals surface area (Å²) in [5.41, 5.74) is 2.35. The fraction of sp³-hybridized carbons (Fsp3) is 0.636. The van der Waals surface area contributed by atoms with Gasteiger partial charge in [0.2, 0.25) is 5.91 Å². The number of piperidine rings is 1. The Bertz CT molecular complexity index is 768. The number of nitrogens with zero attached hydrogens (tertiary/aromatic N) is 3. The third-order valence-electron chi connectivity index (χ3n) is 6.52. The van der Waals surface area contributed by atoms with Crippen molar-refractivity contribution < 1.29 is 19.1 Å². The van der Waals surface area contributed by atoms with Gasteiger partial charge in [0.1, 0.15) is 0 Å². The average molecular weight is 402 g/mol. The second kappa shape index (κ2) is 8.51. The highest BCUT2D eigenvalue weighted by Gasteiger charge is 2.33. The van der Waals surface area contributed by atoms with E-state index in [2.05, 4.69) is 0 Å². The van der Waals surface area contributed by atoms with Crippen molar-refractivity contribution in [3.05, 3.63) is 23.3 Å². The van der Waals surface area contributed by atoms with Crippen molar-refractivity contribution >= 4 is 11.9 Å². The summed E-state index contributed by atoms with van der Waals surface area (Å²) in [5, 5.41) is 0. The average Bonchev–Trinajstić information content (AvgIpc) is 3.31. The third kappa shape index (κ3) is 4.00. The van der Waals surface area contributed by atoms with Crippen molar-refractivity contribution in [3.8, 4) is 11.5 Å². The predicted molar refractivity (Wildman–Crippen MR) is 109 cm³/mol. The zero-order valence-electron chi connectivity index (χ0n) is 17.5. The van der Waals surface area contributed by atoms with Gasteiger partial charge in [0.05, 0.1) is 14.2 Å². The molecule has 158 valence electrons. The molecule has 3 aliphatic heterocycles. The molecule has 0 N–H and O–H groups in total. The standard InChI is InChI=1S/C22H31N3O4/c1-28-19-13-17-7-12-25(15-18(17)14-20(19)29-2)21(26)16-5-10-24(11-6-16)22(27)23-8-3-4-9-23/h13-14,16H,3-12,15H2,1-2H3. The van der Waals surface area contributed by atoms with E-state index in [1.807, 2.05) is 26.8 Å². The molecule has 0 aromatic heterocycles. The lowest BCUT2D eigenvalue weighted by molar-refractivity contribution is -0.137. The van der Waals surface area contributed by atoms with Gasteiger partial charge in [0, 0.05) is 45.2 Å². The van der Waals surface area contributed by atoms with E-state index in [1.54, 1.807) is 14.2 Å². The lowest BCUT2D eigenvalue weighted by Crippen LogP contribution is -2.48. The molecule has 1 aromatic carbocycles. The van der Waals surface area contributed by atoms with Crippen molar-refractivity contribution in [2.75, 3.05) is 46.9 Å². The van der Waals surface area contributed by atoms with E-state index in [0.717, 1.165) is 63.1 Å². The van der Waals surface area contributed by atoms with Gasteiger partial charge in [-0.05, 0) is 55.4 Å². The predicted octanol–water partition coefficient (Wildman–Crippen LogP) is 2.52. The number of benzene rings is 1. The van der Waals surface area contributed by atoms with Gasteiger partial charge in [-0.15, -0.1) is 0 Å². The van der Waals surface area contributed by atoms with Crippen LogP contribution in [0.2, 0.25) is 0 Å². The first kappa shape index (κ1) is 19.9. The molecular formula is C22H31N3O4. The lowest BCUT2D eigenvalue weighted by Gasteiger charge is -2.37. The second-order valence-corrected chi connectivity index (χ2v) is 8.22. The molecule has 0 aliphatic carbocycles. The molecule has 2 saturated heterocycles. The number of carbonyl (C=O) groups is 2. The van der Waals surface area contributed by atoms with Crippen LogP contribution < -0.4 is 9.47 Å². The molecule has 0 saturated carbocycles. The number of carbonyl (C=O) groups excluding carboxylic acids is 2. The summed E-state index contributed by atoms with van der Waals surface area (Å²) < 4.78 is 10.8. The zero-order chi connectivity index (χ0) is 20.4. The van der Waals surface area contributed by atoms with Gasteiger partial charge in [-0.2, -0.15) is 0 Å². The van der Waals surface area contributed by atoms with Crippen LogP contribution in [0.4, 0.5) is 4.79 Å². The summed E-state index contributed by atoms with van der Waals surface area (Å²) in [6.45, 7) is 4.45. The van der Waals surface area contributed by atoms with E-state index >= 15 is 0 Å². The van der Waals surface area contributed by atoms with Gasteiger partial charge in [-0.1, -0.05) is 0 Å². The van der Waals surface area contributed by atoms with Crippen LogP contribution >= 0.6 is 0 Å². The molecule has 7 heteroatoms. The van der Waals surface area contributed by atoms with Crippen LogP contribution in [0.25, 0.3) is 0 Å². The Balaban J connectivity index is 1.36. The number of methoxy groups -OCH3 is 2. The zero-order valence-corrected chi connectivity index (χ0v) is 17.5. The fourth-order valence-corrected chi connectivity index (χ4v) is 4.76. The number of hydrogen-bond donors (Lipinski definition) is 0. The van der Waals surface area contributed by atoms with E-state index in [0.29, 0.717) is 25.4 Å². The van der Waals surface area contributed by atoms with E-state index in [1.165, 1.54) is 5.56 Å². The molecule has 0 spiro atoms. The molecule has 4 rings (SSSR count). The highest BCUT2D eigenvalue weighted by molar-refractivity contribution is 5.80. The summed E-state index contributed by atoms with van der Waals surface area (Å²) in [4.78, 5) is 31.5. The minimum absolute atomic E-state index is 0.0133. The second-order valence-electron chi connectivity index (χ2n) is 8.22. The fourth-order valence-electron chi connectivity index (χ4n) is 4.76. The maximum absolute atomic E-state index is 13.1. The SMILES string of the molecule is COc1cc2c(cc1OC)CN(C(=O)C1CCN(C(=O)N3CCCC3)CC1)CC2. The lowest BCUT2D eigenvalue weighted by atomic mass is 9.93. The van der Waals surface area contributed by atoms with Crippen molar-refractivity contribution in [3.63, 3.8) is 0 Å². The Morgan fingerprint density at radius 2 is 1.41 bits per heavy atom. The van der Waals surface area contributed by atoms with Crippen LogP contribution in [-0.4, -0.2) is 73.6 Å². The van der Waals surface area contributed by atoms with Gasteiger partial charge in [-0.3, -0.25) is 4.79 Å². The van der Waals surface area contributed by atoms with Crippen LogP contribution in [0.5, 0.6) is 11.5 Å². The first-order chi connectivity index (χ1) is 14.1. The smallest absolute Gasteiger partial charge is 0.319 e. The van der Waals surface area contributed by atoms with Gasteiger partial charge in [0.15, 0.2) is 11.5 Å². The Morgan fingerprint density at radius 3 is 2.03 bits per heavy atom. The highest BCUT2D eigenvalue weighted by atomic mass is 16.5. The summed E-state index contributed by atoms with van der Waals surface area (Å²) >= 11 is 0. The number of amides is 3. The van der Waals surface area contributed by atoms with Crippen molar-refractivity contribution in [2.24, 2.45) is 5.92 Å². The van der Waals surface area contributed by atoms with Crippen molar-refractivity contribution in [2.45, 2.75) is 38.6 Å². The van der Waals surface area contributed by atoms with Crippen LogP contribution in [0.1, 0.15) is 36.8 Å². The maximum Gasteiger partial charge on any atom is 0.319 e. The van der Waals surface area contributed by atoms with Gasteiger partial charge >= 0.3 is 6.03 Å². The number of fused-ring (bicyclic) bond motifs is 1. The molecule has 29 heavy (non-hydrogen) atoms. The summed E-state index contributed by atoms with van der Waals surface area (Å²) in [5.74, 6) is 1.67. The van der Waals surface area contributed by atoms with Gasteiger partial charge in [0.25, 0.3) is 0 Å². The van der Waals surface area contributed by atoms with Crippen LogP contribution in [-0.2, 0) is 17.8 Å². The number of ether oxygens (including phenoxy) is 2. The van der Waals surface area contributed by atoms with E-state index in [-0.39, 0.29) is 17.9 Å². The monoisotopic (exact) mass is 401 g/mol. The van der Waals surface area contributed by atoms with E-state index < -0.39 is 0 Å². The Labute approximate surface area is 172 Å². The van der Waals surface area contributed by atoms with Crippen molar-refractivity contribution in [1.82, 2.24) is 14.7 Å². The summed E-state index contributed by atoms with van der Waals surface area (Å²) in [7, 11) is 3.27. The van der Waals surface area contributed by atoms with Crippen LogP contribution in [0.3, 0.4) is 0 Å². The van der Waals surface area contributed by atoms with Crippen LogP contribution in [0.15, 0.2) is 12.1 Å². The molecule has 3 amide bonds. The minimum Gasteiger partial charge on any atom is -0.493 e. The molecule has 0 bridgehead atoms. The van der Waals surface area contributed by atoms with E-state index in [9.17, 15) is 9.59 Å². The Hall–Kier alpha value is -2.44. The number of urea groups is 1. The highest BCUT2D eigenvalue weighted by Crippen LogP contribution is 2.34.